The maximum atomic E-state index is 12.7. The third kappa shape index (κ3) is 15.2. The van der Waals surface area contributed by atoms with E-state index in [2.05, 4.69) is 18.9 Å². The minimum atomic E-state index is -0.654. The molecule has 0 saturated heterocycles. The van der Waals surface area contributed by atoms with E-state index in [-0.39, 0.29) is 6.79 Å². The molecule has 0 amide bonds. The number of rotatable bonds is 24. The molecule has 0 aliphatic rings. The van der Waals surface area contributed by atoms with Gasteiger partial charge >= 0.3 is 11.9 Å². The van der Waals surface area contributed by atoms with Gasteiger partial charge < -0.3 is 33.7 Å². The lowest BCUT2D eigenvalue weighted by atomic mass is 10.0. The number of ether oxygens (including phenoxy) is 5. The predicted molar refractivity (Wildman–Crippen MR) is 184 cm³/mol. The Morgan fingerprint density at radius 1 is 0.796 bits per heavy atom. The first-order valence-corrected chi connectivity index (χ1v) is 16.4. The molecule has 3 rings (SSSR count). The summed E-state index contributed by atoms with van der Waals surface area (Å²) in [6, 6.07) is 19.2. The number of hydrogen-bond acceptors (Lipinski definition) is 10. The van der Waals surface area contributed by atoms with Crippen molar-refractivity contribution in [2.75, 3.05) is 26.6 Å². The van der Waals surface area contributed by atoms with E-state index in [4.69, 9.17) is 33.5 Å². The third-order valence-corrected chi connectivity index (χ3v) is 7.27. The largest absolute Gasteiger partial charge is 0.494 e. The number of benzene rings is 3. The zero-order valence-electron chi connectivity index (χ0n) is 28.1. The minimum Gasteiger partial charge on any atom is -0.494 e. The molecule has 0 saturated carbocycles. The molecule has 0 heterocycles. The average molecular weight is 675 g/mol. The second-order valence-electron chi connectivity index (χ2n) is 11.1. The zero-order valence-corrected chi connectivity index (χ0v) is 28.1. The summed E-state index contributed by atoms with van der Waals surface area (Å²) in [7, 11) is 0. The maximum Gasteiger partial charge on any atom is 0.343 e. The van der Waals surface area contributed by atoms with Crippen molar-refractivity contribution in [3.8, 4) is 23.0 Å². The Labute approximate surface area is 288 Å². The van der Waals surface area contributed by atoms with E-state index in [0.29, 0.717) is 54.6 Å². The van der Waals surface area contributed by atoms with Crippen LogP contribution in [0.15, 0.2) is 98.0 Å². The topological polar surface area (TPSA) is 119 Å². The summed E-state index contributed by atoms with van der Waals surface area (Å²) in [5, 5.41) is 10.5. The fourth-order valence-electron chi connectivity index (χ4n) is 4.59. The summed E-state index contributed by atoms with van der Waals surface area (Å²) in [6.45, 7) is 10.1. The van der Waals surface area contributed by atoms with E-state index in [0.717, 1.165) is 62.3 Å². The lowest BCUT2D eigenvalue weighted by Crippen LogP contribution is -2.10. The van der Waals surface area contributed by atoms with E-state index >= 15 is 0 Å². The number of aryl methyl sites for hydroxylation is 1. The molecule has 0 spiro atoms. The van der Waals surface area contributed by atoms with Crippen molar-refractivity contribution in [2.45, 2.75) is 64.4 Å². The lowest BCUT2D eigenvalue weighted by Gasteiger charge is -2.13. The summed E-state index contributed by atoms with van der Waals surface area (Å²) in [6.07, 6.45) is 8.53. The lowest BCUT2D eigenvalue weighted by molar-refractivity contribution is -0.248. The number of hydrogen-bond donors (Lipinski definition) is 1. The van der Waals surface area contributed by atoms with E-state index in [1.807, 2.05) is 31.2 Å². The van der Waals surface area contributed by atoms with Gasteiger partial charge in [-0.3, -0.25) is 0 Å². The smallest absolute Gasteiger partial charge is 0.343 e. The van der Waals surface area contributed by atoms with Crippen LogP contribution in [0.1, 0.15) is 79.0 Å². The molecule has 1 N–H and O–H groups in total. The summed E-state index contributed by atoms with van der Waals surface area (Å²) in [5.41, 5.74) is 4.33. The highest BCUT2D eigenvalue weighted by atomic mass is 17.2. The molecule has 0 fully saturated rings. The number of carbonyl (C=O) groups excluding carboxylic acids is 2. The molecule has 0 radical (unpaired) electrons. The quantitative estimate of drug-likeness (QED) is 0.0115. The van der Waals surface area contributed by atoms with Crippen LogP contribution in [0.3, 0.4) is 0 Å². The first kappa shape index (κ1) is 38.4. The molecule has 3 aromatic carbocycles. The first-order valence-electron chi connectivity index (χ1n) is 16.4. The monoisotopic (exact) mass is 674 g/mol. The zero-order chi connectivity index (χ0) is 35.1. The Kier molecular flexibility index (Phi) is 17.7. The van der Waals surface area contributed by atoms with Crippen molar-refractivity contribution < 1.29 is 48.2 Å². The predicted octanol–water partition coefficient (Wildman–Crippen LogP) is 8.14. The second kappa shape index (κ2) is 22.5. The van der Waals surface area contributed by atoms with Crippen molar-refractivity contribution in [1.82, 2.24) is 0 Å². The number of carbonyl (C=O) groups is 2. The summed E-state index contributed by atoms with van der Waals surface area (Å²) >= 11 is 0. The van der Waals surface area contributed by atoms with Crippen LogP contribution < -0.4 is 18.9 Å². The number of aliphatic hydroxyl groups excluding tert-OH is 1. The fraction of sp³-hybridized carbons (Fsp3) is 0.359. The summed E-state index contributed by atoms with van der Waals surface area (Å²) < 4.78 is 27.8. The van der Waals surface area contributed by atoms with E-state index in [9.17, 15) is 14.7 Å². The Balaban J connectivity index is 1.32. The Hall–Kier alpha value is -5.02. The van der Waals surface area contributed by atoms with Crippen molar-refractivity contribution in [3.63, 3.8) is 0 Å². The van der Waals surface area contributed by atoms with Gasteiger partial charge in [-0.1, -0.05) is 43.9 Å². The third-order valence-electron chi connectivity index (χ3n) is 7.27. The summed E-state index contributed by atoms with van der Waals surface area (Å²) in [5.74, 6) is 1.46. The van der Waals surface area contributed by atoms with Crippen molar-refractivity contribution in [3.05, 3.63) is 115 Å². The molecule has 49 heavy (non-hydrogen) atoms. The van der Waals surface area contributed by atoms with Gasteiger partial charge in [0, 0.05) is 6.08 Å². The van der Waals surface area contributed by atoms with Gasteiger partial charge in [0.25, 0.3) is 0 Å². The van der Waals surface area contributed by atoms with Gasteiger partial charge in [0.2, 0.25) is 6.79 Å². The molecule has 0 aromatic heterocycles. The highest BCUT2D eigenvalue weighted by Gasteiger charge is 2.13. The Bertz CT molecular complexity index is 1480. The molecular formula is C39H46O10. The van der Waals surface area contributed by atoms with Crippen LogP contribution in [0.2, 0.25) is 0 Å². The van der Waals surface area contributed by atoms with Crippen molar-refractivity contribution in [2.24, 2.45) is 0 Å². The van der Waals surface area contributed by atoms with Crippen LogP contribution in [0.4, 0.5) is 0 Å². The first-order chi connectivity index (χ1) is 23.9. The molecule has 1 atom stereocenters. The molecule has 0 bridgehead atoms. The van der Waals surface area contributed by atoms with Gasteiger partial charge in [-0.05, 0) is 111 Å². The van der Waals surface area contributed by atoms with E-state index < -0.39 is 18.0 Å². The highest BCUT2D eigenvalue weighted by molar-refractivity contribution is 5.91. The maximum absolute atomic E-state index is 12.7. The van der Waals surface area contributed by atoms with E-state index in [1.54, 1.807) is 42.5 Å². The van der Waals surface area contributed by atoms with Gasteiger partial charge in [0.15, 0.2) is 6.26 Å². The molecule has 0 aliphatic heterocycles. The van der Waals surface area contributed by atoms with Gasteiger partial charge in [-0.15, -0.1) is 0 Å². The molecule has 10 heteroatoms. The summed E-state index contributed by atoms with van der Waals surface area (Å²) in [4.78, 5) is 33.4. The van der Waals surface area contributed by atoms with Crippen molar-refractivity contribution >= 4 is 11.9 Å². The minimum absolute atomic E-state index is 0.00215. The highest BCUT2D eigenvalue weighted by Crippen LogP contribution is 2.26. The standard InChI is InChI=1S/C39H46O10/c1-4-24-47-48-27-12-7-6-10-25-43-33-18-20-34(21-19-33)45-29-46-37-23-22-35(28-30(37)3)49-39(42)32-16-14-31(15-17-32)36(40)13-9-8-11-26-44-38(41)5-2/h5,14-24,28,36,40H,1-2,6-13,25-27,29H2,3H3. The van der Waals surface area contributed by atoms with Gasteiger partial charge in [-0.25, -0.2) is 9.59 Å². The SMILES string of the molecule is C=C=COOCCCCCCOc1ccc(OCOc2ccc(OC(=O)c3ccc(C(O)CCCCCOC(=O)C=C)cc3)cc2C)cc1. The molecule has 262 valence electrons. The molecule has 3 aromatic rings. The molecule has 1 unspecified atom stereocenters. The van der Waals surface area contributed by atoms with Crippen LogP contribution in [-0.2, 0) is 19.3 Å². The van der Waals surface area contributed by atoms with Crippen LogP contribution >= 0.6 is 0 Å². The van der Waals surface area contributed by atoms with Crippen LogP contribution in [0, 0.1) is 6.92 Å². The van der Waals surface area contributed by atoms with Crippen LogP contribution in [0.5, 0.6) is 23.0 Å². The number of unbranched alkanes of at least 4 members (excludes halogenated alkanes) is 5. The molecule has 0 aliphatic carbocycles. The molecule has 10 nitrogen and oxygen atoms in total. The molecular weight excluding hydrogens is 628 g/mol. The second-order valence-corrected chi connectivity index (χ2v) is 11.1. The van der Waals surface area contributed by atoms with Gasteiger partial charge in [-0.2, -0.15) is 4.89 Å². The Morgan fingerprint density at radius 2 is 1.45 bits per heavy atom. The van der Waals surface area contributed by atoms with Gasteiger partial charge in [0.1, 0.15) is 23.0 Å². The van der Waals surface area contributed by atoms with Gasteiger partial charge in [0.05, 0.1) is 31.5 Å². The van der Waals surface area contributed by atoms with Crippen LogP contribution in [-0.4, -0.2) is 43.7 Å². The average Bonchev–Trinajstić information content (AvgIpc) is 3.11. The number of esters is 2. The fourth-order valence-corrected chi connectivity index (χ4v) is 4.59. The van der Waals surface area contributed by atoms with E-state index in [1.165, 1.54) is 6.26 Å². The normalized spacial score (nSPS) is 11.1. The Morgan fingerprint density at radius 3 is 2.14 bits per heavy atom. The number of aliphatic hydroxyl groups is 1. The van der Waals surface area contributed by atoms with Crippen LogP contribution in [0.25, 0.3) is 0 Å². The van der Waals surface area contributed by atoms with Crippen molar-refractivity contribution in [1.29, 1.82) is 0 Å².